The van der Waals surface area contributed by atoms with E-state index in [0.29, 0.717) is 22.8 Å². The van der Waals surface area contributed by atoms with Crippen molar-refractivity contribution in [1.29, 1.82) is 0 Å². The molecule has 0 aliphatic heterocycles. The number of sulfone groups is 1. The maximum Gasteiger partial charge on any atom is 0.328 e. The van der Waals surface area contributed by atoms with Gasteiger partial charge in [-0.05, 0) is 103 Å². The van der Waals surface area contributed by atoms with Crippen LogP contribution in [-0.2, 0) is 14.6 Å². The first-order chi connectivity index (χ1) is 16.1. The molecule has 1 aromatic rings. The summed E-state index contributed by atoms with van der Waals surface area (Å²) < 4.78 is 32.7. The van der Waals surface area contributed by atoms with E-state index >= 15 is 0 Å². The number of fused-ring (bicyclic) bond motifs is 5. The summed E-state index contributed by atoms with van der Waals surface area (Å²) in [5, 5.41) is -0.537. The van der Waals surface area contributed by atoms with Gasteiger partial charge in [0, 0.05) is 11.4 Å². The van der Waals surface area contributed by atoms with Gasteiger partial charge >= 0.3 is 5.37 Å². The minimum absolute atomic E-state index is 0.125. The molecule has 0 bridgehead atoms. The predicted octanol–water partition coefficient (Wildman–Crippen LogP) is 7.08. The van der Waals surface area contributed by atoms with Crippen molar-refractivity contribution in [3.05, 3.63) is 64.2 Å². The number of allylic oxidation sites excluding steroid dienone is 4. The van der Waals surface area contributed by atoms with Gasteiger partial charge in [0.2, 0.25) is 0 Å². The fraction of sp³-hybridized carbons (Fsp3) is 0.607. The number of benzene rings is 1. The lowest BCUT2D eigenvalue weighted by Gasteiger charge is -2.56. The van der Waals surface area contributed by atoms with Crippen molar-refractivity contribution in [3.63, 3.8) is 0 Å². The Morgan fingerprint density at radius 2 is 1.85 bits per heavy atom. The maximum atomic E-state index is 13.6. The Kier molecular flexibility index (Phi) is 5.93. The molecule has 0 amide bonds. The zero-order chi connectivity index (χ0) is 24.3. The number of ether oxygens (including phenoxy) is 1. The van der Waals surface area contributed by atoms with Crippen LogP contribution in [0.1, 0.15) is 58.8 Å². The SMILES string of the molecule is [C-]#[N+]C(C1CC[C@H]2[C@@H]3CC=C4C=C(OC)CC[C@]4(C)[C@H]3CC[C@]12C)S(=O)(=O)c1ccc(Cl)cc1. The Morgan fingerprint density at radius 1 is 1.12 bits per heavy atom. The van der Waals surface area contributed by atoms with Crippen LogP contribution in [0.15, 0.2) is 52.6 Å². The fourth-order valence-electron chi connectivity index (χ4n) is 8.11. The van der Waals surface area contributed by atoms with Gasteiger partial charge in [-0.3, -0.25) is 4.85 Å². The van der Waals surface area contributed by atoms with E-state index in [-0.39, 0.29) is 21.6 Å². The van der Waals surface area contributed by atoms with Crippen LogP contribution in [0.4, 0.5) is 0 Å². The smallest absolute Gasteiger partial charge is 0.328 e. The number of hydrogen-bond acceptors (Lipinski definition) is 3. The van der Waals surface area contributed by atoms with Gasteiger partial charge in [0.25, 0.3) is 9.84 Å². The van der Waals surface area contributed by atoms with Crippen LogP contribution in [0.2, 0.25) is 5.02 Å². The molecule has 0 N–H and O–H groups in total. The first-order valence-corrected chi connectivity index (χ1v) is 14.4. The molecule has 0 radical (unpaired) electrons. The lowest BCUT2D eigenvalue weighted by Crippen LogP contribution is -2.50. The molecule has 0 spiro atoms. The van der Waals surface area contributed by atoms with Gasteiger partial charge in [0.1, 0.15) is 0 Å². The molecule has 182 valence electrons. The van der Waals surface area contributed by atoms with Crippen molar-refractivity contribution >= 4 is 21.4 Å². The topological polar surface area (TPSA) is 47.7 Å². The Hall–Kier alpha value is -1.77. The van der Waals surface area contributed by atoms with E-state index in [1.807, 2.05) is 0 Å². The number of methoxy groups -OCH3 is 1. The van der Waals surface area contributed by atoms with Gasteiger partial charge in [-0.15, -0.1) is 0 Å². The summed E-state index contributed by atoms with van der Waals surface area (Å²) in [4.78, 5) is 3.98. The zero-order valence-corrected chi connectivity index (χ0v) is 21.8. The molecule has 4 aliphatic rings. The second kappa shape index (κ2) is 8.42. The summed E-state index contributed by atoms with van der Waals surface area (Å²) in [6, 6.07) is 6.28. The van der Waals surface area contributed by atoms with Crippen LogP contribution in [-0.4, -0.2) is 20.9 Å². The summed E-state index contributed by atoms with van der Waals surface area (Å²) in [6.45, 7) is 12.6. The van der Waals surface area contributed by atoms with E-state index in [1.165, 1.54) is 5.57 Å². The van der Waals surface area contributed by atoms with Gasteiger partial charge in [0.15, 0.2) is 0 Å². The molecule has 2 saturated carbocycles. The maximum absolute atomic E-state index is 13.6. The van der Waals surface area contributed by atoms with E-state index in [1.54, 1.807) is 31.4 Å². The van der Waals surface area contributed by atoms with Crippen molar-refractivity contribution in [3.8, 4) is 0 Å². The molecular formula is C28H34ClNO3S. The third-order valence-corrected chi connectivity index (χ3v) is 12.3. The highest BCUT2D eigenvalue weighted by molar-refractivity contribution is 7.92. The van der Waals surface area contributed by atoms with E-state index in [2.05, 4.69) is 30.8 Å². The largest absolute Gasteiger partial charge is 0.501 e. The average molecular weight is 500 g/mol. The third-order valence-electron chi connectivity index (χ3n) is 10.00. The van der Waals surface area contributed by atoms with Crippen molar-refractivity contribution in [2.45, 2.75) is 69.1 Å². The molecule has 4 aliphatic carbocycles. The summed E-state index contributed by atoms with van der Waals surface area (Å²) >= 11 is 5.99. The van der Waals surface area contributed by atoms with Crippen LogP contribution < -0.4 is 0 Å². The molecule has 5 rings (SSSR count). The van der Waals surface area contributed by atoms with Crippen molar-refractivity contribution in [2.75, 3.05) is 7.11 Å². The van der Waals surface area contributed by atoms with Crippen molar-refractivity contribution in [2.24, 2.45) is 34.5 Å². The summed E-state index contributed by atoms with van der Waals surface area (Å²) in [7, 11) is -1.99. The fourth-order valence-corrected chi connectivity index (χ4v) is 10.0. The zero-order valence-electron chi connectivity index (χ0n) is 20.3. The number of rotatable bonds is 4. The van der Waals surface area contributed by atoms with Crippen molar-refractivity contribution < 1.29 is 13.2 Å². The lowest BCUT2D eigenvalue weighted by molar-refractivity contribution is -0.0362. The van der Waals surface area contributed by atoms with Crippen molar-refractivity contribution in [1.82, 2.24) is 0 Å². The normalized spacial score (nSPS) is 37.9. The van der Waals surface area contributed by atoms with E-state index in [9.17, 15) is 8.42 Å². The summed E-state index contributed by atoms with van der Waals surface area (Å²) in [5.74, 6) is 2.57. The summed E-state index contributed by atoms with van der Waals surface area (Å²) in [6.07, 6.45) is 11.8. The minimum Gasteiger partial charge on any atom is -0.501 e. The first kappa shape index (κ1) is 23.9. The van der Waals surface area contributed by atoms with E-state index in [0.717, 1.165) is 50.7 Å². The van der Waals surface area contributed by atoms with Gasteiger partial charge in [-0.1, -0.05) is 31.5 Å². The molecule has 34 heavy (non-hydrogen) atoms. The van der Waals surface area contributed by atoms with Gasteiger partial charge in [-0.2, -0.15) is 0 Å². The number of hydrogen-bond donors (Lipinski definition) is 0. The van der Waals surface area contributed by atoms with Gasteiger partial charge in [-0.25, -0.2) is 15.0 Å². The van der Waals surface area contributed by atoms with Crippen LogP contribution in [0.5, 0.6) is 0 Å². The quantitative estimate of drug-likeness (QED) is 0.416. The van der Waals surface area contributed by atoms with Crippen LogP contribution >= 0.6 is 11.6 Å². The molecule has 2 unspecified atom stereocenters. The Bertz CT molecular complexity index is 1180. The van der Waals surface area contributed by atoms with Crippen LogP contribution in [0, 0.1) is 41.1 Å². The molecule has 4 nitrogen and oxygen atoms in total. The van der Waals surface area contributed by atoms with Gasteiger partial charge in [0.05, 0.1) is 23.7 Å². The second-order valence-corrected chi connectivity index (χ2v) is 13.7. The Morgan fingerprint density at radius 3 is 2.53 bits per heavy atom. The Balaban J connectivity index is 1.46. The monoisotopic (exact) mass is 499 g/mol. The molecule has 7 atom stereocenters. The third kappa shape index (κ3) is 3.47. The van der Waals surface area contributed by atoms with Gasteiger partial charge < -0.3 is 4.74 Å². The molecule has 0 saturated heterocycles. The van der Waals surface area contributed by atoms with Crippen LogP contribution in [0.25, 0.3) is 4.85 Å². The minimum atomic E-state index is -3.76. The average Bonchev–Trinajstić information content (AvgIpc) is 3.16. The second-order valence-electron chi connectivity index (χ2n) is 11.3. The van der Waals surface area contributed by atoms with E-state index < -0.39 is 15.2 Å². The molecule has 0 aromatic heterocycles. The summed E-state index contributed by atoms with van der Waals surface area (Å²) in [5.41, 5.74) is 1.47. The first-order valence-electron chi connectivity index (χ1n) is 12.5. The predicted molar refractivity (Wildman–Crippen MR) is 135 cm³/mol. The van der Waals surface area contributed by atoms with E-state index in [4.69, 9.17) is 22.9 Å². The molecule has 1 aromatic carbocycles. The standard InChI is InChI=1S/C28H34ClNO3S/c1-27-15-13-20(33-4)17-18(27)5-10-22-23-11-12-25(28(23,2)16-14-24(22)27)26(30-3)34(31,32)21-8-6-19(29)7-9-21/h5-9,17,22-26H,10-16H2,1-2,4H3/t22-,23-,24-,25?,26?,27-,28-/m0/s1. The van der Waals surface area contributed by atoms with Crippen LogP contribution in [0.3, 0.4) is 0 Å². The highest BCUT2D eigenvalue weighted by Gasteiger charge is 2.62. The lowest BCUT2D eigenvalue weighted by atomic mass is 9.48. The molecular weight excluding hydrogens is 466 g/mol. The highest BCUT2D eigenvalue weighted by atomic mass is 35.5. The molecule has 0 heterocycles. The highest BCUT2D eigenvalue weighted by Crippen LogP contribution is 2.67. The molecule has 2 fully saturated rings. The molecule has 6 heteroatoms. The number of nitrogens with zero attached hydrogens (tertiary/aromatic N) is 1. The number of halogens is 1. The Labute approximate surface area is 209 Å².